The number of carbonyl (C=O) groups excluding carboxylic acids is 2. The average molecular weight is 749 g/mol. The van der Waals surface area contributed by atoms with Gasteiger partial charge in [0.05, 0.1) is 24.9 Å². The molecule has 8 rings (SSSR count). The number of rotatable bonds is 14. The number of allylic oxidation sites excluding steroid dienone is 1. The first kappa shape index (κ1) is 38.5. The predicted molar refractivity (Wildman–Crippen MR) is 204 cm³/mol. The highest BCUT2D eigenvalue weighted by atomic mass is 16.8. The fourth-order valence-corrected chi connectivity index (χ4v) is 11.3. The van der Waals surface area contributed by atoms with Gasteiger partial charge in [-0.25, -0.2) is 0 Å². The second kappa shape index (κ2) is 14.9. The highest BCUT2D eigenvalue weighted by Crippen LogP contribution is 2.60. The van der Waals surface area contributed by atoms with E-state index in [0.717, 1.165) is 76.2 Å². The number of aliphatic hydroxyl groups excluding tert-OH is 1. The van der Waals surface area contributed by atoms with Crippen molar-refractivity contribution in [3.63, 3.8) is 0 Å². The number of amides is 1. The minimum Gasteiger partial charge on any atom is -0.458 e. The van der Waals surface area contributed by atoms with Gasteiger partial charge in [0.2, 0.25) is 5.91 Å². The average Bonchev–Trinajstić information content (AvgIpc) is 3.43. The van der Waals surface area contributed by atoms with E-state index < -0.39 is 47.6 Å². The van der Waals surface area contributed by atoms with E-state index in [2.05, 4.69) is 70.3 Å². The molecule has 4 aliphatic heterocycles. The van der Waals surface area contributed by atoms with Crippen molar-refractivity contribution < 1.29 is 38.5 Å². The molecule has 2 N–H and O–H groups in total. The summed E-state index contributed by atoms with van der Waals surface area (Å²) < 4.78 is 26.2. The number of hydrogen-bond acceptors (Lipinski definition) is 9. The van der Waals surface area contributed by atoms with Gasteiger partial charge in [-0.2, -0.15) is 5.06 Å². The zero-order chi connectivity index (χ0) is 37.9. The van der Waals surface area contributed by atoms with Crippen LogP contribution >= 0.6 is 0 Å². The van der Waals surface area contributed by atoms with E-state index in [0.29, 0.717) is 29.9 Å². The summed E-state index contributed by atoms with van der Waals surface area (Å²) in [6, 6.07) is 7.59. The Balaban J connectivity index is 1.04. The van der Waals surface area contributed by atoms with E-state index in [1.54, 1.807) is 10.6 Å². The van der Waals surface area contributed by atoms with Crippen molar-refractivity contribution in [3.8, 4) is 0 Å². The summed E-state index contributed by atoms with van der Waals surface area (Å²) in [5.74, 6) is -0.279. The monoisotopic (exact) mass is 748 g/mol. The third-order valence-corrected chi connectivity index (χ3v) is 14.5. The molecule has 0 aromatic heterocycles. The number of aliphatic hydroxyl groups is 1. The summed E-state index contributed by atoms with van der Waals surface area (Å²) in [4.78, 5) is 35.1. The molecule has 0 spiro atoms. The number of nitrogens with one attached hydrogen (secondary N) is 1. The highest BCUT2D eigenvalue weighted by molar-refractivity contribution is 5.93. The maximum Gasteiger partial charge on any atom is 0.327 e. The van der Waals surface area contributed by atoms with Gasteiger partial charge in [-0.05, 0) is 80.2 Å². The molecule has 1 amide bonds. The van der Waals surface area contributed by atoms with Crippen molar-refractivity contribution in [2.45, 2.75) is 179 Å². The normalized spacial score (nSPS) is 39.3. The summed E-state index contributed by atoms with van der Waals surface area (Å²) in [7, 11) is 0. The fourth-order valence-electron chi connectivity index (χ4n) is 11.3. The number of hydroxylamine groups is 2. The first-order chi connectivity index (χ1) is 26.0. The molecule has 4 saturated heterocycles. The van der Waals surface area contributed by atoms with Crippen LogP contribution in [0.4, 0.5) is 0 Å². The quantitative estimate of drug-likeness (QED) is 0.118. The molecule has 1 aromatic rings. The molecule has 10 atom stereocenters. The second-order valence-corrected chi connectivity index (χ2v) is 18.6. The van der Waals surface area contributed by atoms with E-state index in [-0.39, 0.29) is 31.1 Å². The van der Waals surface area contributed by atoms with Crippen LogP contribution in [0.1, 0.15) is 136 Å². The number of epoxide rings is 1. The molecule has 7 fully saturated rings. The van der Waals surface area contributed by atoms with Gasteiger partial charge in [-0.1, -0.05) is 89.3 Å². The molecule has 2 bridgehead atoms. The second-order valence-electron chi connectivity index (χ2n) is 18.6. The third kappa shape index (κ3) is 6.78. The van der Waals surface area contributed by atoms with Crippen molar-refractivity contribution in [3.05, 3.63) is 41.0 Å². The van der Waals surface area contributed by atoms with Crippen LogP contribution in [-0.4, -0.2) is 83.1 Å². The topological polar surface area (TPSA) is 119 Å². The lowest BCUT2D eigenvalue weighted by Gasteiger charge is -2.53. The van der Waals surface area contributed by atoms with Crippen LogP contribution in [0, 0.1) is 22.7 Å². The number of esters is 1. The largest absolute Gasteiger partial charge is 0.458 e. The zero-order valence-corrected chi connectivity index (χ0v) is 33.3. The summed E-state index contributed by atoms with van der Waals surface area (Å²) >= 11 is 0. The lowest BCUT2D eigenvalue weighted by atomic mass is 9.52. The van der Waals surface area contributed by atoms with Crippen LogP contribution in [-0.2, 0) is 39.9 Å². The minimum absolute atomic E-state index is 0.0659. The van der Waals surface area contributed by atoms with E-state index in [4.69, 9.17) is 23.8 Å². The van der Waals surface area contributed by atoms with Gasteiger partial charge in [0, 0.05) is 25.8 Å². The van der Waals surface area contributed by atoms with Gasteiger partial charge in [-0.15, -0.1) is 0 Å². The van der Waals surface area contributed by atoms with Crippen molar-refractivity contribution in [2.75, 3.05) is 13.2 Å². The Kier molecular flexibility index (Phi) is 10.6. The Hall–Kier alpha value is -2.34. The van der Waals surface area contributed by atoms with E-state index >= 15 is 0 Å². The molecule has 3 saturated carbocycles. The van der Waals surface area contributed by atoms with Gasteiger partial charge in [0.15, 0.2) is 11.8 Å². The first-order valence-electron chi connectivity index (χ1n) is 21.3. The SMILES string of the molecule is CCCCCC1(CCCCC)O[C@@H]2[C@H](O1)[C@H]1ON(Cc3ccc(C=C4CCC5O[C@]5(C)CC[C@@H]5[C@@H]4CC5(C)C)cc3)[C@H]3C(=O)O[C@@H]2C[C@@]13C(=O)NCCO. The molecule has 1 aromatic carbocycles. The predicted octanol–water partition coefficient (Wildman–Crippen LogP) is 7.01. The molecular formula is C44H64N2O8. The Labute approximate surface area is 322 Å². The van der Waals surface area contributed by atoms with Crippen LogP contribution in [0.15, 0.2) is 29.8 Å². The smallest absolute Gasteiger partial charge is 0.327 e. The number of carbonyl (C=O) groups is 2. The molecule has 10 heteroatoms. The lowest BCUT2D eigenvalue weighted by Crippen LogP contribution is -2.69. The summed E-state index contributed by atoms with van der Waals surface area (Å²) in [6.07, 6.45) is 14.1. The number of benzene rings is 1. The summed E-state index contributed by atoms with van der Waals surface area (Å²) in [5.41, 5.74) is 2.88. The standard InChI is InChI=1S/C44H64N2O8/c1-6-8-10-19-43(20-11-9-7-2)52-35-33-26-44(40(49)45-22-23-47)37(39(48)50-33)46(54-38(44)36(35)53-43)27-29-14-12-28(13-15-29)24-30-16-17-34-42(5,51-34)21-18-32-31(30)25-41(32,3)4/h12-15,24,31-38,47H,6-11,16-23,25-27H2,1-5H3,(H,45,49)/t31-,32-,33-,34?,35+,36+,37+,38-,42-,44+/m1/s1. The molecule has 4 heterocycles. The molecule has 54 heavy (non-hydrogen) atoms. The van der Waals surface area contributed by atoms with Gasteiger partial charge < -0.3 is 29.4 Å². The van der Waals surface area contributed by atoms with E-state index in [1.165, 1.54) is 18.4 Å². The molecule has 0 radical (unpaired) electrons. The Morgan fingerprint density at radius 3 is 2.37 bits per heavy atom. The van der Waals surface area contributed by atoms with Crippen molar-refractivity contribution in [1.29, 1.82) is 0 Å². The Morgan fingerprint density at radius 2 is 1.69 bits per heavy atom. The number of nitrogens with zero attached hydrogens (tertiary/aromatic N) is 1. The molecule has 10 nitrogen and oxygen atoms in total. The number of fused-ring (bicyclic) bond motifs is 6. The molecule has 1 unspecified atom stereocenters. The van der Waals surface area contributed by atoms with Gasteiger partial charge in [-0.3, -0.25) is 14.4 Å². The number of ether oxygens (including phenoxy) is 4. The number of hydrogen-bond donors (Lipinski definition) is 2. The van der Waals surface area contributed by atoms with Crippen LogP contribution < -0.4 is 5.32 Å². The third-order valence-electron chi connectivity index (χ3n) is 14.5. The maximum absolute atomic E-state index is 14.3. The van der Waals surface area contributed by atoms with Crippen molar-refractivity contribution in [1.82, 2.24) is 10.4 Å². The lowest BCUT2D eigenvalue weighted by molar-refractivity contribution is -0.224. The minimum atomic E-state index is -1.24. The van der Waals surface area contributed by atoms with Crippen LogP contribution in [0.5, 0.6) is 0 Å². The highest BCUT2D eigenvalue weighted by Gasteiger charge is 2.76. The van der Waals surface area contributed by atoms with Gasteiger partial charge in [0.25, 0.3) is 0 Å². The fraction of sp³-hybridized carbons (Fsp3) is 0.773. The Bertz CT molecular complexity index is 1570. The summed E-state index contributed by atoms with van der Waals surface area (Å²) in [5, 5.41) is 14.2. The van der Waals surface area contributed by atoms with Crippen LogP contribution in [0.2, 0.25) is 0 Å². The van der Waals surface area contributed by atoms with Crippen LogP contribution in [0.25, 0.3) is 6.08 Å². The molecule has 7 aliphatic rings. The van der Waals surface area contributed by atoms with Crippen molar-refractivity contribution >= 4 is 18.0 Å². The van der Waals surface area contributed by atoms with E-state index in [1.807, 2.05) is 0 Å². The van der Waals surface area contributed by atoms with Crippen molar-refractivity contribution in [2.24, 2.45) is 22.7 Å². The zero-order valence-electron chi connectivity index (χ0n) is 33.3. The van der Waals surface area contributed by atoms with E-state index in [9.17, 15) is 14.7 Å². The Morgan fingerprint density at radius 1 is 0.963 bits per heavy atom. The van der Waals surface area contributed by atoms with Gasteiger partial charge >= 0.3 is 5.97 Å². The van der Waals surface area contributed by atoms with Gasteiger partial charge in [0.1, 0.15) is 29.8 Å². The summed E-state index contributed by atoms with van der Waals surface area (Å²) in [6.45, 7) is 11.7. The van der Waals surface area contributed by atoms with Crippen LogP contribution in [0.3, 0.4) is 0 Å². The molecule has 3 aliphatic carbocycles. The molecule has 298 valence electrons. The number of unbranched alkanes of at least 4 members (excludes halogenated alkanes) is 4. The molecular weight excluding hydrogens is 684 g/mol. The first-order valence-corrected chi connectivity index (χ1v) is 21.3. The maximum atomic E-state index is 14.3.